The molecule has 0 aliphatic carbocycles. The third-order valence-electron chi connectivity index (χ3n) is 5.48. The smallest absolute Gasteiger partial charge is 0.228 e. The maximum atomic E-state index is 12.5. The van der Waals surface area contributed by atoms with E-state index < -0.39 is 0 Å². The van der Waals surface area contributed by atoms with E-state index in [1.54, 1.807) is 12.4 Å². The van der Waals surface area contributed by atoms with Crippen LogP contribution in [0, 0.1) is 0 Å². The zero-order valence-corrected chi connectivity index (χ0v) is 18.6. The summed E-state index contributed by atoms with van der Waals surface area (Å²) in [7, 11) is 0. The maximum absolute atomic E-state index is 12.5. The van der Waals surface area contributed by atoms with Crippen molar-refractivity contribution in [3.05, 3.63) is 126 Å². The van der Waals surface area contributed by atoms with Crippen molar-refractivity contribution >= 4 is 11.6 Å². The molecule has 4 nitrogen and oxygen atoms in total. The van der Waals surface area contributed by atoms with Crippen molar-refractivity contribution in [2.24, 2.45) is 0 Å². The number of carbonyl (C=O) groups excluding carboxylic acids is 1. The van der Waals surface area contributed by atoms with E-state index in [9.17, 15) is 4.79 Å². The molecule has 0 aliphatic heterocycles. The topological polar surface area (TPSA) is 51.2 Å². The van der Waals surface area contributed by atoms with Crippen LogP contribution in [0.3, 0.4) is 0 Å². The second-order valence-electron chi connectivity index (χ2n) is 7.98. The summed E-state index contributed by atoms with van der Waals surface area (Å²) in [6.07, 6.45) is 6.49. The van der Waals surface area contributed by atoms with Crippen LogP contribution >= 0.6 is 0 Å². The highest BCUT2D eigenvalue weighted by atomic mass is 16.5. The number of benzene rings is 3. The number of nitrogens with zero attached hydrogens (tertiary/aromatic N) is 1. The summed E-state index contributed by atoms with van der Waals surface area (Å²) in [6.45, 7) is 0.559. The first-order valence-electron chi connectivity index (χ1n) is 11.3. The van der Waals surface area contributed by atoms with E-state index in [4.69, 9.17) is 4.74 Å². The zero-order valence-electron chi connectivity index (χ0n) is 18.6. The molecule has 0 bridgehead atoms. The molecule has 33 heavy (non-hydrogen) atoms. The number of aromatic nitrogens is 1. The number of hydrogen-bond acceptors (Lipinski definition) is 3. The fraction of sp³-hybridized carbons (Fsp3) is 0.172. The predicted octanol–water partition coefficient (Wildman–Crippen LogP) is 6.02. The lowest BCUT2D eigenvalue weighted by Gasteiger charge is -2.13. The molecule has 0 spiro atoms. The Kier molecular flexibility index (Phi) is 7.85. The monoisotopic (exact) mass is 436 g/mol. The molecule has 0 saturated heterocycles. The lowest BCUT2D eigenvalue weighted by molar-refractivity contribution is -0.115. The van der Waals surface area contributed by atoms with E-state index in [2.05, 4.69) is 40.6 Å². The Morgan fingerprint density at radius 3 is 2.27 bits per heavy atom. The molecule has 4 aromatic rings. The number of ether oxygens (including phenoxy) is 1. The maximum Gasteiger partial charge on any atom is 0.228 e. The van der Waals surface area contributed by atoms with Crippen molar-refractivity contribution in [3.8, 4) is 5.75 Å². The summed E-state index contributed by atoms with van der Waals surface area (Å²) in [6, 6.07) is 30.2. The molecular formula is C29H28N2O2. The largest absolute Gasteiger partial charge is 0.489 e. The molecule has 0 fully saturated rings. The van der Waals surface area contributed by atoms with Crippen LogP contribution in [-0.4, -0.2) is 10.9 Å². The van der Waals surface area contributed by atoms with E-state index in [0.29, 0.717) is 13.0 Å². The minimum Gasteiger partial charge on any atom is -0.489 e. The van der Waals surface area contributed by atoms with Gasteiger partial charge in [-0.15, -0.1) is 0 Å². The quantitative estimate of drug-likeness (QED) is 0.331. The van der Waals surface area contributed by atoms with Crippen LogP contribution < -0.4 is 10.1 Å². The van der Waals surface area contributed by atoms with Crippen molar-refractivity contribution in [2.75, 3.05) is 5.32 Å². The van der Waals surface area contributed by atoms with E-state index in [1.165, 1.54) is 5.56 Å². The van der Waals surface area contributed by atoms with Gasteiger partial charge in [-0.05, 0) is 59.7 Å². The van der Waals surface area contributed by atoms with E-state index in [-0.39, 0.29) is 5.91 Å². The van der Waals surface area contributed by atoms with Gasteiger partial charge in [0.25, 0.3) is 0 Å². The number of para-hydroxylation sites is 2. The third-order valence-corrected chi connectivity index (χ3v) is 5.48. The van der Waals surface area contributed by atoms with Gasteiger partial charge in [-0.1, -0.05) is 72.8 Å². The number of amides is 1. The molecule has 4 rings (SSSR count). The summed E-state index contributed by atoms with van der Waals surface area (Å²) < 4.78 is 6.10. The van der Waals surface area contributed by atoms with Crippen LogP contribution in [-0.2, 0) is 30.7 Å². The van der Waals surface area contributed by atoms with E-state index in [0.717, 1.165) is 47.4 Å². The number of aryl methyl sites for hydroxylation is 2. The fourth-order valence-corrected chi connectivity index (χ4v) is 3.80. The Bertz CT molecular complexity index is 1160. The lowest BCUT2D eigenvalue weighted by atomic mass is 10.0. The molecule has 0 atom stereocenters. The highest BCUT2D eigenvalue weighted by Gasteiger charge is 2.09. The molecule has 166 valence electrons. The van der Waals surface area contributed by atoms with Crippen LogP contribution in [0.5, 0.6) is 5.75 Å². The van der Waals surface area contributed by atoms with Crippen molar-refractivity contribution in [1.29, 1.82) is 0 Å². The van der Waals surface area contributed by atoms with Crippen LogP contribution in [0.4, 0.5) is 5.69 Å². The Hall–Kier alpha value is -3.92. The second-order valence-corrected chi connectivity index (χ2v) is 7.98. The summed E-state index contributed by atoms with van der Waals surface area (Å²) in [5.74, 6) is 0.898. The van der Waals surface area contributed by atoms with Gasteiger partial charge in [0, 0.05) is 18.1 Å². The van der Waals surface area contributed by atoms with Crippen molar-refractivity contribution in [3.63, 3.8) is 0 Å². The number of nitrogens with one attached hydrogen (secondary N) is 1. The fourth-order valence-electron chi connectivity index (χ4n) is 3.80. The second kappa shape index (κ2) is 11.6. The minimum absolute atomic E-state index is 0.0323. The lowest BCUT2D eigenvalue weighted by Crippen LogP contribution is -2.15. The Morgan fingerprint density at radius 1 is 0.758 bits per heavy atom. The molecule has 1 N–H and O–H groups in total. The number of hydrogen-bond donors (Lipinski definition) is 1. The van der Waals surface area contributed by atoms with Gasteiger partial charge in [-0.3, -0.25) is 9.78 Å². The van der Waals surface area contributed by atoms with Crippen LogP contribution in [0.1, 0.15) is 28.7 Å². The van der Waals surface area contributed by atoms with Gasteiger partial charge in [-0.25, -0.2) is 0 Å². The van der Waals surface area contributed by atoms with E-state index >= 15 is 0 Å². The molecule has 1 heterocycles. The van der Waals surface area contributed by atoms with Gasteiger partial charge in [0.05, 0.1) is 6.42 Å². The van der Waals surface area contributed by atoms with Crippen LogP contribution in [0.2, 0.25) is 0 Å². The van der Waals surface area contributed by atoms with Gasteiger partial charge < -0.3 is 10.1 Å². The summed E-state index contributed by atoms with van der Waals surface area (Å²) in [5.41, 5.74) is 5.27. The van der Waals surface area contributed by atoms with Crippen molar-refractivity contribution < 1.29 is 9.53 Å². The minimum atomic E-state index is -0.0323. The van der Waals surface area contributed by atoms with Crippen molar-refractivity contribution in [1.82, 2.24) is 4.98 Å². The zero-order chi connectivity index (χ0) is 22.7. The summed E-state index contributed by atoms with van der Waals surface area (Å²) in [4.78, 5) is 16.6. The molecule has 0 radical (unpaired) electrons. The Morgan fingerprint density at radius 2 is 1.45 bits per heavy atom. The molecule has 4 heteroatoms. The number of pyridine rings is 1. The van der Waals surface area contributed by atoms with E-state index in [1.807, 2.05) is 60.7 Å². The van der Waals surface area contributed by atoms with Crippen LogP contribution in [0.25, 0.3) is 0 Å². The SMILES string of the molecule is O=C(Cc1cccnc1)Nc1ccccc1CCCc1ccccc1OCc1ccccc1. The summed E-state index contributed by atoms with van der Waals surface area (Å²) in [5, 5.41) is 3.07. The highest BCUT2D eigenvalue weighted by Crippen LogP contribution is 2.23. The Balaban J connectivity index is 1.33. The summed E-state index contributed by atoms with van der Waals surface area (Å²) >= 11 is 0. The van der Waals surface area contributed by atoms with Gasteiger partial charge in [-0.2, -0.15) is 0 Å². The van der Waals surface area contributed by atoms with Crippen molar-refractivity contribution in [2.45, 2.75) is 32.3 Å². The molecule has 0 aliphatic rings. The first kappa shape index (κ1) is 22.3. The number of anilines is 1. The normalized spacial score (nSPS) is 10.5. The first-order valence-corrected chi connectivity index (χ1v) is 11.3. The average Bonchev–Trinajstić information content (AvgIpc) is 2.86. The average molecular weight is 437 g/mol. The molecule has 0 unspecified atom stereocenters. The van der Waals surface area contributed by atoms with Gasteiger partial charge in [0.2, 0.25) is 5.91 Å². The number of rotatable bonds is 10. The van der Waals surface area contributed by atoms with Gasteiger partial charge in [0.15, 0.2) is 0 Å². The molecular weight excluding hydrogens is 408 g/mol. The van der Waals surface area contributed by atoms with Gasteiger partial charge in [0.1, 0.15) is 12.4 Å². The number of carbonyl (C=O) groups is 1. The molecule has 3 aromatic carbocycles. The van der Waals surface area contributed by atoms with Gasteiger partial charge >= 0.3 is 0 Å². The highest BCUT2D eigenvalue weighted by molar-refractivity contribution is 5.92. The Labute approximate surface area is 195 Å². The van der Waals surface area contributed by atoms with Crippen LogP contribution in [0.15, 0.2) is 103 Å². The third kappa shape index (κ3) is 6.78. The molecule has 1 aromatic heterocycles. The molecule has 1 amide bonds. The predicted molar refractivity (Wildman–Crippen MR) is 132 cm³/mol. The standard InChI is InChI=1S/C29H28N2O2/c32-29(20-24-12-9-19-30-21-24)31-27-17-6-4-13-25(27)15-8-16-26-14-5-7-18-28(26)33-22-23-10-2-1-3-11-23/h1-7,9-14,17-19,21H,8,15-16,20,22H2,(H,31,32). The molecule has 0 saturated carbocycles. The first-order chi connectivity index (χ1) is 16.3.